The molecule has 0 bridgehead atoms. The van der Waals surface area contributed by atoms with E-state index >= 15 is 0 Å². The van der Waals surface area contributed by atoms with Crippen molar-refractivity contribution in [1.29, 1.82) is 0 Å². The van der Waals surface area contributed by atoms with Crippen molar-refractivity contribution in [3.8, 4) is 11.8 Å². The van der Waals surface area contributed by atoms with Gasteiger partial charge in [0.1, 0.15) is 5.60 Å². The van der Waals surface area contributed by atoms with Crippen LogP contribution in [-0.4, -0.2) is 39.6 Å². The molecule has 1 aliphatic heterocycles. The lowest BCUT2D eigenvalue weighted by Gasteiger charge is -2.31. The highest BCUT2D eigenvalue weighted by Crippen LogP contribution is 2.28. The van der Waals surface area contributed by atoms with E-state index < -0.39 is 5.60 Å². The van der Waals surface area contributed by atoms with Crippen molar-refractivity contribution in [2.24, 2.45) is 0 Å². The van der Waals surface area contributed by atoms with Gasteiger partial charge in [-0.3, -0.25) is 9.78 Å². The first-order valence-corrected chi connectivity index (χ1v) is 8.47. The normalized spacial score (nSPS) is 15.6. The van der Waals surface area contributed by atoms with Crippen LogP contribution in [0.2, 0.25) is 0 Å². The molecule has 0 aromatic carbocycles. The Labute approximate surface area is 147 Å². The molecule has 0 unspecified atom stereocenters. The number of furan rings is 1. The van der Waals surface area contributed by atoms with Gasteiger partial charge >= 0.3 is 0 Å². The summed E-state index contributed by atoms with van der Waals surface area (Å²) in [6.45, 7) is 4.61. The Balaban J connectivity index is 1.61. The van der Waals surface area contributed by atoms with Crippen molar-refractivity contribution in [3.63, 3.8) is 0 Å². The molecule has 25 heavy (non-hydrogen) atoms. The van der Waals surface area contributed by atoms with E-state index in [9.17, 15) is 9.90 Å². The first-order valence-electron chi connectivity index (χ1n) is 8.47. The highest BCUT2D eigenvalue weighted by Gasteiger charge is 2.26. The van der Waals surface area contributed by atoms with Gasteiger partial charge in [-0.1, -0.05) is 5.92 Å². The molecule has 3 heterocycles. The smallest absolute Gasteiger partial charge is 0.289 e. The highest BCUT2D eigenvalue weighted by atomic mass is 16.4. The van der Waals surface area contributed by atoms with E-state index in [1.54, 1.807) is 26.0 Å². The van der Waals surface area contributed by atoms with Crippen molar-refractivity contribution in [2.75, 3.05) is 13.1 Å². The maximum Gasteiger partial charge on any atom is 0.289 e. The Morgan fingerprint density at radius 1 is 1.24 bits per heavy atom. The van der Waals surface area contributed by atoms with Gasteiger partial charge in [-0.05, 0) is 68.4 Å². The molecule has 1 saturated heterocycles. The van der Waals surface area contributed by atoms with E-state index in [4.69, 9.17) is 4.42 Å². The Morgan fingerprint density at radius 3 is 2.56 bits per heavy atom. The zero-order valence-corrected chi connectivity index (χ0v) is 14.5. The molecule has 3 rings (SSSR count). The van der Waals surface area contributed by atoms with E-state index in [1.165, 1.54) is 5.56 Å². The molecular formula is C20H22N2O3. The average molecular weight is 338 g/mol. The third-order valence-corrected chi connectivity index (χ3v) is 4.27. The van der Waals surface area contributed by atoms with Gasteiger partial charge in [0.05, 0.1) is 0 Å². The van der Waals surface area contributed by atoms with Crippen LogP contribution in [0.5, 0.6) is 0 Å². The van der Waals surface area contributed by atoms with Gasteiger partial charge < -0.3 is 14.4 Å². The zero-order chi connectivity index (χ0) is 17.9. The van der Waals surface area contributed by atoms with Crippen molar-refractivity contribution < 1.29 is 14.3 Å². The molecule has 0 radical (unpaired) electrons. The third kappa shape index (κ3) is 4.49. The van der Waals surface area contributed by atoms with Crippen LogP contribution in [0.25, 0.3) is 0 Å². The number of amides is 1. The van der Waals surface area contributed by atoms with E-state index in [-0.39, 0.29) is 5.91 Å². The van der Waals surface area contributed by atoms with Crippen LogP contribution in [0, 0.1) is 11.8 Å². The molecule has 0 aliphatic carbocycles. The number of hydrogen-bond donors (Lipinski definition) is 1. The van der Waals surface area contributed by atoms with Gasteiger partial charge in [0.2, 0.25) is 0 Å². The number of nitrogens with zero attached hydrogens (tertiary/aromatic N) is 2. The SMILES string of the molecule is CC(C)(O)C#Cc1ccc(C(=O)N2CCC(c3ccncc3)CC2)o1. The minimum Gasteiger partial charge on any atom is -0.443 e. The Bertz CT molecular complexity index is 786. The number of pyridine rings is 1. The summed E-state index contributed by atoms with van der Waals surface area (Å²) in [5.41, 5.74) is 0.190. The van der Waals surface area contributed by atoms with E-state index in [2.05, 4.69) is 16.8 Å². The van der Waals surface area contributed by atoms with Crippen LogP contribution in [0.15, 0.2) is 41.1 Å². The summed E-state index contributed by atoms with van der Waals surface area (Å²) in [5, 5.41) is 9.62. The fourth-order valence-electron chi connectivity index (χ4n) is 2.94. The maximum atomic E-state index is 12.6. The molecule has 0 saturated carbocycles. The quantitative estimate of drug-likeness (QED) is 0.855. The van der Waals surface area contributed by atoms with Gasteiger partial charge in [-0.15, -0.1) is 0 Å². The summed E-state index contributed by atoms with van der Waals surface area (Å²) >= 11 is 0. The van der Waals surface area contributed by atoms with E-state index in [0.29, 0.717) is 30.5 Å². The second-order valence-corrected chi connectivity index (χ2v) is 6.82. The number of carbonyl (C=O) groups is 1. The molecule has 2 aromatic rings. The number of aliphatic hydroxyl groups is 1. The molecule has 0 spiro atoms. The fourth-order valence-corrected chi connectivity index (χ4v) is 2.94. The van der Waals surface area contributed by atoms with Gasteiger partial charge in [0.15, 0.2) is 11.5 Å². The summed E-state index contributed by atoms with van der Waals surface area (Å²) in [6, 6.07) is 7.39. The second kappa shape index (κ2) is 7.12. The van der Waals surface area contributed by atoms with Gasteiger partial charge in [0.25, 0.3) is 5.91 Å². The monoisotopic (exact) mass is 338 g/mol. The number of likely N-dealkylation sites (tertiary alicyclic amines) is 1. The molecule has 1 aliphatic rings. The Morgan fingerprint density at radius 2 is 1.92 bits per heavy atom. The molecular weight excluding hydrogens is 316 g/mol. The van der Waals surface area contributed by atoms with Crippen molar-refractivity contribution in [3.05, 3.63) is 53.7 Å². The Kier molecular flexibility index (Phi) is 4.91. The minimum absolute atomic E-state index is 0.107. The summed E-state index contributed by atoms with van der Waals surface area (Å²) in [4.78, 5) is 18.5. The lowest BCUT2D eigenvalue weighted by molar-refractivity contribution is 0.0680. The highest BCUT2D eigenvalue weighted by molar-refractivity contribution is 5.91. The van der Waals surface area contributed by atoms with Crippen molar-refractivity contribution in [1.82, 2.24) is 9.88 Å². The van der Waals surface area contributed by atoms with Gasteiger partial charge in [0, 0.05) is 25.5 Å². The molecule has 1 fully saturated rings. The second-order valence-electron chi connectivity index (χ2n) is 6.82. The third-order valence-electron chi connectivity index (χ3n) is 4.27. The lowest BCUT2D eigenvalue weighted by atomic mass is 9.90. The largest absolute Gasteiger partial charge is 0.443 e. The average Bonchev–Trinajstić information content (AvgIpc) is 3.09. The topological polar surface area (TPSA) is 66.6 Å². The lowest BCUT2D eigenvalue weighted by Crippen LogP contribution is -2.37. The summed E-state index contributed by atoms with van der Waals surface area (Å²) in [6.07, 6.45) is 5.49. The van der Waals surface area contributed by atoms with E-state index in [1.807, 2.05) is 29.4 Å². The molecule has 130 valence electrons. The van der Waals surface area contributed by atoms with Crippen molar-refractivity contribution >= 4 is 5.91 Å². The van der Waals surface area contributed by atoms with E-state index in [0.717, 1.165) is 12.8 Å². The number of hydrogen-bond acceptors (Lipinski definition) is 4. The van der Waals surface area contributed by atoms with Crippen LogP contribution in [-0.2, 0) is 0 Å². The maximum absolute atomic E-state index is 12.6. The van der Waals surface area contributed by atoms with Crippen LogP contribution in [0.3, 0.4) is 0 Å². The zero-order valence-electron chi connectivity index (χ0n) is 14.5. The molecule has 2 aromatic heterocycles. The fraction of sp³-hybridized carbons (Fsp3) is 0.400. The predicted molar refractivity (Wildman–Crippen MR) is 94.0 cm³/mol. The number of aromatic nitrogens is 1. The summed E-state index contributed by atoms with van der Waals surface area (Å²) < 4.78 is 5.52. The molecule has 5 nitrogen and oxygen atoms in total. The first kappa shape index (κ1) is 17.2. The molecule has 5 heteroatoms. The van der Waals surface area contributed by atoms with Crippen LogP contribution in [0.1, 0.15) is 54.5 Å². The Hall–Kier alpha value is -2.58. The predicted octanol–water partition coefficient (Wildman–Crippen LogP) is 2.82. The standard InChI is InChI=1S/C20H22N2O3/c1-20(2,24)10-5-17-3-4-18(25-17)19(23)22-13-8-16(9-14-22)15-6-11-21-12-7-15/h3-4,6-7,11-12,16,24H,8-9,13-14H2,1-2H3. The van der Waals surface area contributed by atoms with Gasteiger partial charge in [-0.25, -0.2) is 0 Å². The van der Waals surface area contributed by atoms with Crippen LogP contribution < -0.4 is 0 Å². The number of carbonyl (C=O) groups excluding carboxylic acids is 1. The molecule has 0 atom stereocenters. The molecule has 1 amide bonds. The number of piperidine rings is 1. The van der Waals surface area contributed by atoms with Crippen LogP contribution in [0.4, 0.5) is 0 Å². The number of rotatable bonds is 2. The summed E-state index contributed by atoms with van der Waals surface area (Å²) in [5.74, 6) is 6.47. The minimum atomic E-state index is -1.09. The van der Waals surface area contributed by atoms with Crippen LogP contribution >= 0.6 is 0 Å². The first-order chi connectivity index (χ1) is 11.9. The summed E-state index contributed by atoms with van der Waals surface area (Å²) in [7, 11) is 0. The van der Waals surface area contributed by atoms with Gasteiger partial charge in [-0.2, -0.15) is 0 Å². The molecule has 1 N–H and O–H groups in total. The van der Waals surface area contributed by atoms with Crippen molar-refractivity contribution in [2.45, 2.75) is 38.2 Å².